The minimum atomic E-state index is -0.472. The summed E-state index contributed by atoms with van der Waals surface area (Å²) < 4.78 is 0. The third-order valence-electron chi connectivity index (χ3n) is 4.35. The normalized spacial score (nSPS) is 25.7. The molecule has 2 atom stereocenters. The second kappa shape index (κ2) is 5.29. The minimum absolute atomic E-state index is 0.0373. The lowest BCUT2D eigenvalue weighted by atomic mass is 9.73. The van der Waals surface area contributed by atoms with Crippen LogP contribution in [0.5, 0.6) is 0 Å². The number of hydrogen-bond acceptors (Lipinski definition) is 5. The lowest BCUT2D eigenvalue weighted by Gasteiger charge is -2.40. The van der Waals surface area contributed by atoms with E-state index in [1.165, 1.54) is 12.4 Å². The molecule has 3 heterocycles. The summed E-state index contributed by atoms with van der Waals surface area (Å²) in [5.74, 6) is 0.818. The number of H-pyrrole nitrogens is 1. The summed E-state index contributed by atoms with van der Waals surface area (Å²) in [6, 6.07) is 1.89. The van der Waals surface area contributed by atoms with Gasteiger partial charge in [-0.15, -0.1) is 0 Å². The zero-order valence-electron chi connectivity index (χ0n) is 12.0. The number of nitrogens with zero attached hydrogens (tertiary/aromatic N) is 2. The van der Waals surface area contributed by atoms with Crippen molar-refractivity contribution in [1.29, 1.82) is 0 Å². The van der Waals surface area contributed by atoms with Crippen LogP contribution in [-0.2, 0) is 4.79 Å². The van der Waals surface area contributed by atoms with Gasteiger partial charge in [0.1, 0.15) is 17.8 Å². The Morgan fingerprint density at radius 3 is 3.24 bits per heavy atom. The molecule has 2 aromatic rings. The largest absolute Gasteiger partial charge is 0.364 e. The third-order valence-corrected chi connectivity index (χ3v) is 4.35. The van der Waals surface area contributed by atoms with Gasteiger partial charge in [0.05, 0.1) is 16.8 Å². The van der Waals surface area contributed by atoms with E-state index in [1.54, 1.807) is 0 Å². The first-order chi connectivity index (χ1) is 10.1. The fourth-order valence-corrected chi connectivity index (χ4v) is 2.88. The van der Waals surface area contributed by atoms with Gasteiger partial charge in [0.2, 0.25) is 0 Å². The molecule has 1 saturated heterocycles. The number of carbonyl (C=O) groups excluding carboxylic acids is 1. The number of anilines is 1. The van der Waals surface area contributed by atoms with Crippen LogP contribution in [0.2, 0.25) is 0 Å². The SMILES string of the molecule is C=CC(=O)[C@@]1(C)CCNC[C@@H]1Nc1ncnc2[nH]ccc12. The molecular weight excluding hydrogens is 266 g/mol. The van der Waals surface area contributed by atoms with E-state index in [-0.39, 0.29) is 11.8 Å². The topological polar surface area (TPSA) is 82.7 Å². The van der Waals surface area contributed by atoms with Crippen molar-refractivity contribution in [1.82, 2.24) is 20.3 Å². The summed E-state index contributed by atoms with van der Waals surface area (Å²) in [6.07, 6.45) is 5.55. The molecular formula is C15H19N5O. The maximum Gasteiger partial charge on any atom is 0.163 e. The molecule has 0 unspecified atom stereocenters. The lowest BCUT2D eigenvalue weighted by Crippen LogP contribution is -2.54. The van der Waals surface area contributed by atoms with Crippen molar-refractivity contribution < 1.29 is 4.79 Å². The molecule has 2 aromatic heterocycles. The molecule has 0 radical (unpaired) electrons. The molecule has 6 nitrogen and oxygen atoms in total. The predicted molar refractivity (Wildman–Crippen MR) is 82.1 cm³/mol. The van der Waals surface area contributed by atoms with Gasteiger partial charge in [0.15, 0.2) is 5.78 Å². The van der Waals surface area contributed by atoms with Gasteiger partial charge < -0.3 is 15.6 Å². The molecule has 0 aromatic carbocycles. The summed E-state index contributed by atoms with van der Waals surface area (Å²) in [6.45, 7) is 7.17. The maximum absolute atomic E-state index is 12.3. The molecule has 1 fully saturated rings. The van der Waals surface area contributed by atoms with Gasteiger partial charge in [-0.25, -0.2) is 9.97 Å². The van der Waals surface area contributed by atoms with Crippen LogP contribution in [0, 0.1) is 5.41 Å². The van der Waals surface area contributed by atoms with Gasteiger partial charge >= 0.3 is 0 Å². The fourth-order valence-electron chi connectivity index (χ4n) is 2.88. The van der Waals surface area contributed by atoms with Crippen molar-refractivity contribution in [3.8, 4) is 0 Å². The van der Waals surface area contributed by atoms with Crippen LogP contribution in [0.3, 0.4) is 0 Å². The molecule has 21 heavy (non-hydrogen) atoms. The molecule has 0 aliphatic carbocycles. The summed E-state index contributed by atoms with van der Waals surface area (Å²) in [5, 5.41) is 7.67. The summed E-state index contributed by atoms with van der Waals surface area (Å²) >= 11 is 0. The minimum Gasteiger partial charge on any atom is -0.364 e. The third kappa shape index (κ3) is 2.31. The summed E-state index contributed by atoms with van der Waals surface area (Å²) in [5.41, 5.74) is 0.314. The van der Waals surface area contributed by atoms with Gasteiger partial charge in [-0.1, -0.05) is 13.5 Å². The molecule has 0 spiro atoms. The van der Waals surface area contributed by atoms with Crippen LogP contribution in [0.15, 0.2) is 31.2 Å². The molecule has 0 bridgehead atoms. The van der Waals surface area contributed by atoms with Gasteiger partial charge in [0.25, 0.3) is 0 Å². The van der Waals surface area contributed by atoms with E-state index in [1.807, 2.05) is 19.2 Å². The van der Waals surface area contributed by atoms with E-state index in [0.717, 1.165) is 29.8 Å². The highest BCUT2D eigenvalue weighted by Crippen LogP contribution is 2.33. The van der Waals surface area contributed by atoms with Crippen molar-refractivity contribution in [2.75, 3.05) is 18.4 Å². The number of hydrogen-bond donors (Lipinski definition) is 3. The number of aromatic nitrogens is 3. The van der Waals surface area contributed by atoms with Crippen LogP contribution in [-0.4, -0.2) is 39.9 Å². The monoisotopic (exact) mass is 285 g/mol. The fraction of sp³-hybridized carbons (Fsp3) is 0.400. The van der Waals surface area contributed by atoms with Crippen molar-refractivity contribution in [2.24, 2.45) is 5.41 Å². The number of nitrogens with one attached hydrogen (secondary N) is 3. The van der Waals surface area contributed by atoms with E-state index in [0.29, 0.717) is 6.54 Å². The van der Waals surface area contributed by atoms with Crippen molar-refractivity contribution in [2.45, 2.75) is 19.4 Å². The van der Waals surface area contributed by atoms with E-state index in [2.05, 4.69) is 32.2 Å². The molecule has 6 heteroatoms. The molecule has 110 valence electrons. The molecule has 3 rings (SSSR count). The molecule has 0 saturated carbocycles. The van der Waals surface area contributed by atoms with E-state index < -0.39 is 5.41 Å². The van der Waals surface area contributed by atoms with Crippen molar-refractivity contribution in [3.63, 3.8) is 0 Å². The van der Waals surface area contributed by atoms with Crippen LogP contribution >= 0.6 is 0 Å². The first kappa shape index (κ1) is 13.8. The van der Waals surface area contributed by atoms with E-state index in [4.69, 9.17) is 0 Å². The van der Waals surface area contributed by atoms with Crippen molar-refractivity contribution >= 4 is 22.6 Å². The zero-order chi connectivity index (χ0) is 14.9. The standard InChI is InChI=1S/C15H19N5O/c1-3-12(21)15(2)5-7-16-8-11(15)20-14-10-4-6-17-13(10)18-9-19-14/h3-4,6,9,11,16H,1,5,7-8H2,2H3,(H2,17,18,19,20)/t11-,15-/m0/s1. The lowest BCUT2D eigenvalue weighted by molar-refractivity contribution is -0.124. The highest BCUT2D eigenvalue weighted by molar-refractivity contribution is 5.95. The average molecular weight is 285 g/mol. The molecule has 0 amide bonds. The summed E-state index contributed by atoms with van der Waals surface area (Å²) in [4.78, 5) is 23.8. The Hall–Kier alpha value is -2.21. The van der Waals surface area contributed by atoms with E-state index >= 15 is 0 Å². The van der Waals surface area contributed by atoms with Gasteiger partial charge in [-0.2, -0.15) is 0 Å². The van der Waals surface area contributed by atoms with E-state index in [9.17, 15) is 4.79 Å². The maximum atomic E-state index is 12.3. The number of allylic oxidation sites excluding steroid dienone is 1. The Balaban J connectivity index is 1.93. The Morgan fingerprint density at radius 1 is 1.57 bits per heavy atom. The Morgan fingerprint density at radius 2 is 2.43 bits per heavy atom. The zero-order valence-corrected chi connectivity index (χ0v) is 12.0. The molecule has 1 aliphatic heterocycles. The molecule has 3 N–H and O–H groups in total. The van der Waals surface area contributed by atoms with Crippen LogP contribution in [0.25, 0.3) is 11.0 Å². The average Bonchev–Trinajstić information content (AvgIpc) is 2.98. The van der Waals surface area contributed by atoms with Crippen LogP contribution in [0.1, 0.15) is 13.3 Å². The van der Waals surface area contributed by atoms with Crippen molar-refractivity contribution in [3.05, 3.63) is 31.2 Å². The Kier molecular flexibility index (Phi) is 3.47. The predicted octanol–water partition coefficient (Wildman–Crippen LogP) is 1.49. The molecule has 1 aliphatic rings. The van der Waals surface area contributed by atoms with Crippen LogP contribution in [0.4, 0.5) is 5.82 Å². The Labute approximate surface area is 123 Å². The van der Waals surface area contributed by atoms with Gasteiger partial charge in [-0.05, 0) is 25.1 Å². The first-order valence-electron chi connectivity index (χ1n) is 7.07. The number of rotatable bonds is 4. The number of fused-ring (bicyclic) bond motifs is 1. The number of ketones is 1. The van der Waals surface area contributed by atoms with Gasteiger partial charge in [0, 0.05) is 12.7 Å². The first-order valence-corrected chi connectivity index (χ1v) is 7.07. The Bertz CT molecular complexity index is 680. The van der Waals surface area contributed by atoms with Gasteiger partial charge in [-0.3, -0.25) is 4.79 Å². The second-order valence-electron chi connectivity index (χ2n) is 5.60. The quantitative estimate of drug-likeness (QED) is 0.741. The highest BCUT2D eigenvalue weighted by Gasteiger charge is 2.41. The number of carbonyl (C=O) groups is 1. The second-order valence-corrected chi connectivity index (χ2v) is 5.60. The smallest absolute Gasteiger partial charge is 0.163 e. The summed E-state index contributed by atoms with van der Waals surface area (Å²) in [7, 11) is 0. The van der Waals surface area contributed by atoms with Crippen LogP contribution < -0.4 is 10.6 Å². The number of piperidine rings is 1. The highest BCUT2D eigenvalue weighted by atomic mass is 16.1. The number of aromatic amines is 1.